The predicted octanol–water partition coefficient (Wildman–Crippen LogP) is 1.86. The molecule has 2 N–H and O–H groups in total. The smallest absolute Gasteiger partial charge is 0.0462 e. The standard InChI is InChI=1S/C15H30N2O/c1-2-17-9-7-15(8-10-17)16-11-13-5-3-4-6-14(13)12-18/h13-16,18H,2-12H2,1H3. The van der Waals surface area contributed by atoms with E-state index in [9.17, 15) is 5.11 Å². The van der Waals surface area contributed by atoms with E-state index in [2.05, 4.69) is 17.1 Å². The molecule has 0 spiro atoms. The van der Waals surface area contributed by atoms with Crippen LogP contribution in [0.5, 0.6) is 0 Å². The third kappa shape index (κ3) is 3.94. The van der Waals surface area contributed by atoms with Gasteiger partial charge in [0.05, 0.1) is 0 Å². The Labute approximate surface area is 112 Å². The molecule has 3 nitrogen and oxygen atoms in total. The second-order valence-corrected chi connectivity index (χ2v) is 6.10. The van der Waals surface area contributed by atoms with Gasteiger partial charge < -0.3 is 15.3 Å². The monoisotopic (exact) mass is 254 g/mol. The summed E-state index contributed by atoms with van der Waals surface area (Å²) in [5.74, 6) is 1.27. The molecule has 0 amide bonds. The van der Waals surface area contributed by atoms with Crippen LogP contribution in [0.3, 0.4) is 0 Å². The summed E-state index contributed by atoms with van der Waals surface area (Å²) in [7, 11) is 0. The van der Waals surface area contributed by atoms with Crippen LogP contribution in [0.25, 0.3) is 0 Å². The van der Waals surface area contributed by atoms with Gasteiger partial charge in [0.15, 0.2) is 0 Å². The minimum absolute atomic E-state index is 0.390. The molecule has 0 aromatic rings. The topological polar surface area (TPSA) is 35.5 Å². The van der Waals surface area contributed by atoms with Crippen molar-refractivity contribution in [1.82, 2.24) is 10.2 Å². The lowest BCUT2D eigenvalue weighted by Gasteiger charge is -2.35. The van der Waals surface area contributed by atoms with Gasteiger partial charge in [0, 0.05) is 12.6 Å². The summed E-state index contributed by atoms with van der Waals surface area (Å²) in [5.41, 5.74) is 0. The minimum atomic E-state index is 0.390. The van der Waals surface area contributed by atoms with Gasteiger partial charge in [0.25, 0.3) is 0 Å². The van der Waals surface area contributed by atoms with Gasteiger partial charge in [0.1, 0.15) is 0 Å². The number of hydrogen-bond acceptors (Lipinski definition) is 3. The quantitative estimate of drug-likeness (QED) is 0.786. The van der Waals surface area contributed by atoms with Gasteiger partial charge in [-0.15, -0.1) is 0 Å². The highest BCUT2D eigenvalue weighted by atomic mass is 16.3. The van der Waals surface area contributed by atoms with E-state index in [1.165, 1.54) is 58.2 Å². The molecule has 0 aromatic carbocycles. The highest BCUT2D eigenvalue weighted by Gasteiger charge is 2.25. The SMILES string of the molecule is CCN1CCC(NCC2CCCCC2CO)CC1. The first-order valence-electron chi connectivity index (χ1n) is 7.90. The molecule has 2 unspecified atom stereocenters. The average molecular weight is 254 g/mol. The first kappa shape index (κ1) is 14.3. The van der Waals surface area contributed by atoms with Crippen molar-refractivity contribution in [1.29, 1.82) is 0 Å². The van der Waals surface area contributed by atoms with E-state index in [1.54, 1.807) is 0 Å². The molecule has 2 atom stereocenters. The third-order valence-electron chi connectivity index (χ3n) is 5.00. The number of hydrogen-bond donors (Lipinski definition) is 2. The van der Waals surface area contributed by atoms with E-state index in [1.807, 2.05) is 0 Å². The Hall–Kier alpha value is -0.120. The molecule has 2 rings (SSSR count). The number of aliphatic hydroxyl groups is 1. The van der Waals surface area contributed by atoms with Crippen LogP contribution in [0.1, 0.15) is 45.4 Å². The maximum absolute atomic E-state index is 9.43. The second-order valence-electron chi connectivity index (χ2n) is 6.10. The lowest BCUT2D eigenvalue weighted by atomic mass is 9.79. The molecule has 106 valence electrons. The van der Waals surface area contributed by atoms with Crippen LogP contribution in [0.15, 0.2) is 0 Å². The summed E-state index contributed by atoms with van der Waals surface area (Å²) in [5, 5.41) is 13.2. The minimum Gasteiger partial charge on any atom is -0.396 e. The summed E-state index contributed by atoms with van der Waals surface area (Å²) in [6.45, 7) is 7.47. The molecule has 0 aromatic heterocycles. The van der Waals surface area contributed by atoms with E-state index < -0.39 is 0 Å². The molecule has 1 aliphatic carbocycles. The zero-order valence-electron chi connectivity index (χ0n) is 11.9. The number of nitrogens with zero attached hydrogens (tertiary/aromatic N) is 1. The summed E-state index contributed by atoms with van der Waals surface area (Å²) in [6, 6.07) is 0.717. The molecule has 0 bridgehead atoms. The fourth-order valence-corrected chi connectivity index (χ4v) is 3.56. The van der Waals surface area contributed by atoms with Crippen LogP contribution in [0, 0.1) is 11.8 Å². The highest BCUT2D eigenvalue weighted by molar-refractivity contribution is 4.81. The van der Waals surface area contributed by atoms with E-state index in [-0.39, 0.29) is 0 Å². The molecular weight excluding hydrogens is 224 g/mol. The van der Waals surface area contributed by atoms with Crippen molar-refractivity contribution in [3.8, 4) is 0 Å². The molecule has 1 heterocycles. The van der Waals surface area contributed by atoms with E-state index in [0.29, 0.717) is 24.5 Å². The Kier molecular flexibility index (Phi) is 5.93. The Morgan fingerprint density at radius 3 is 2.33 bits per heavy atom. The fourth-order valence-electron chi connectivity index (χ4n) is 3.56. The van der Waals surface area contributed by atoms with E-state index in [4.69, 9.17) is 0 Å². The van der Waals surface area contributed by atoms with Crippen LogP contribution in [0.2, 0.25) is 0 Å². The maximum atomic E-state index is 9.43. The molecular formula is C15H30N2O. The van der Waals surface area contributed by atoms with Gasteiger partial charge in [0.2, 0.25) is 0 Å². The number of aliphatic hydroxyl groups excluding tert-OH is 1. The lowest BCUT2D eigenvalue weighted by Crippen LogP contribution is -2.44. The Bertz CT molecular complexity index is 227. The van der Waals surface area contributed by atoms with Gasteiger partial charge in [-0.3, -0.25) is 0 Å². The number of rotatable bonds is 5. The first-order chi connectivity index (χ1) is 8.83. The normalized spacial score (nSPS) is 31.7. The van der Waals surface area contributed by atoms with Gasteiger partial charge in [-0.1, -0.05) is 19.8 Å². The zero-order valence-corrected chi connectivity index (χ0v) is 11.9. The van der Waals surface area contributed by atoms with Crippen molar-refractivity contribution in [2.45, 2.75) is 51.5 Å². The summed E-state index contributed by atoms with van der Waals surface area (Å²) in [6.07, 6.45) is 7.81. The van der Waals surface area contributed by atoms with E-state index >= 15 is 0 Å². The molecule has 3 heteroatoms. The molecule has 1 aliphatic heterocycles. The first-order valence-corrected chi connectivity index (χ1v) is 7.90. The van der Waals surface area contributed by atoms with Gasteiger partial charge in [-0.25, -0.2) is 0 Å². The van der Waals surface area contributed by atoms with Crippen LogP contribution >= 0.6 is 0 Å². The zero-order chi connectivity index (χ0) is 12.8. The number of nitrogens with one attached hydrogen (secondary N) is 1. The van der Waals surface area contributed by atoms with Crippen LogP contribution in [-0.4, -0.2) is 48.8 Å². The van der Waals surface area contributed by atoms with Crippen LogP contribution in [0.4, 0.5) is 0 Å². The second kappa shape index (κ2) is 7.46. The molecule has 0 radical (unpaired) electrons. The maximum Gasteiger partial charge on any atom is 0.0462 e. The summed E-state index contributed by atoms with van der Waals surface area (Å²) in [4.78, 5) is 2.54. The Balaban J connectivity index is 1.67. The summed E-state index contributed by atoms with van der Waals surface area (Å²) >= 11 is 0. The average Bonchev–Trinajstić information content (AvgIpc) is 2.46. The van der Waals surface area contributed by atoms with Crippen LogP contribution < -0.4 is 5.32 Å². The van der Waals surface area contributed by atoms with Crippen LogP contribution in [-0.2, 0) is 0 Å². The van der Waals surface area contributed by atoms with Crippen molar-refractivity contribution < 1.29 is 5.11 Å². The molecule has 2 aliphatic rings. The Morgan fingerprint density at radius 1 is 1.06 bits per heavy atom. The number of piperidine rings is 1. The van der Waals surface area contributed by atoms with Crippen molar-refractivity contribution in [3.63, 3.8) is 0 Å². The predicted molar refractivity (Wildman–Crippen MR) is 75.7 cm³/mol. The highest BCUT2D eigenvalue weighted by Crippen LogP contribution is 2.29. The lowest BCUT2D eigenvalue weighted by molar-refractivity contribution is 0.126. The van der Waals surface area contributed by atoms with Crippen molar-refractivity contribution in [2.24, 2.45) is 11.8 Å². The summed E-state index contributed by atoms with van der Waals surface area (Å²) < 4.78 is 0. The largest absolute Gasteiger partial charge is 0.396 e. The number of likely N-dealkylation sites (tertiary alicyclic amines) is 1. The molecule has 1 saturated carbocycles. The third-order valence-corrected chi connectivity index (χ3v) is 5.00. The molecule has 18 heavy (non-hydrogen) atoms. The molecule has 1 saturated heterocycles. The van der Waals surface area contributed by atoms with E-state index in [0.717, 1.165) is 6.54 Å². The van der Waals surface area contributed by atoms with Gasteiger partial charge in [-0.2, -0.15) is 0 Å². The van der Waals surface area contributed by atoms with Crippen molar-refractivity contribution in [2.75, 3.05) is 32.8 Å². The molecule has 2 fully saturated rings. The van der Waals surface area contributed by atoms with Gasteiger partial charge >= 0.3 is 0 Å². The fraction of sp³-hybridized carbons (Fsp3) is 1.00. The Morgan fingerprint density at radius 2 is 1.72 bits per heavy atom. The van der Waals surface area contributed by atoms with Crippen molar-refractivity contribution >= 4 is 0 Å². The van der Waals surface area contributed by atoms with Crippen molar-refractivity contribution in [3.05, 3.63) is 0 Å². The van der Waals surface area contributed by atoms with Gasteiger partial charge in [-0.05, 0) is 63.7 Å².